The Morgan fingerprint density at radius 3 is 1.92 bits per heavy atom. The van der Waals surface area contributed by atoms with Crippen LogP contribution in [0.4, 0.5) is 4.79 Å². The Balaban J connectivity index is 1.96. The number of carbonyl (C=O) groups is 1. The number of ether oxygens (including phenoxy) is 4. The lowest BCUT2D eigenvalue weighted by Crippen LogP contribution is -2.50. The van der Waals surface area contributed by atoms with Crippen molar-refractivity contribution in [3.8, 4) is 0 Å². The van der Waals surface area contributed by atoms with Gasteiger partial charge < -0.3 is 23.8 Å². The molecule has 0 aromatic rings. The van der Waals surface area contributed by atoms with Crippen molar-refractivity contribution in [1.29, 1.82) is 0 Å². The Morgan fingerprint density at radius 1 is 0.880 bits per heavy atom. The molecule has 1 aliphatic heterocycles. The standard InChI is InChI=1S/C17H33BrN2O5/c1-17(2,3)25-16(21)20-7-5-19(6-8-20)9-11-23-13-15-24-14-12-22-10-4-18/h4-15H2,1-3H3. The van der Waals surface area contributed by atoms with Crippen LogP contribution in [0.25, 0.3) is 0 Å². The third-order valence-electron chi connectivity index (χ3n) is 3.54. The second-order valence-electron chi connectivity index (χ2n) is 6.84. The molecule has 1 heterocycles. The second-order valence-corrected chi connectivity index (χ2v) is 7.63. The van der Waals surface area contributed by atoms with Gasteiger partial charge in [-0.3, -0.25) is 4.90 Å². The molecule has 148 valence electrons. The summed E-state index contributed by atoms with van der Waals surface area (Å²) in [6.45, 7) is 13.4. The summed E-state index contributed by atoms with van der Waals surface area (Å²) in [7, 11) is 0. The molecule has 7 nitrogen and oxygen atoms in total. The van der Waals surface area contributed by atoms with E-state index in [0.717, 1.165) is 25.0 Å². The predicted molar refractivity (Wildman–Crippen MR) is 100 cm³/mol. The fourth-order valence-electron chi connectivity index (χ4n) is 2.27. The van der Waals surface area contributed by atoms with Gasteiger partial charge in [0, 0.05) is 38.1 Å². The number of alkyl halides is 1. The smallest absolute Gasteiger partial charge is 0.410 e. The topological polar surface area (TPSA) is 60.5 Å². The third-order valence-corrected chi connectivity index (χ3v) is 3.87. The van der Waals surface area contributed by atoms with Gasteiger partial charge >= 0.3 is 6.09 Å². The van der Waals surface area contributed by atoms with Crippen LogP contribution in [0.2, 0.25) is 0 Å². The van der Waals surface area contributed by atoms with E-state index in [0.29, 0.717) is 52.7 Å². The van der Waals surface area contributed by atoms with Crippen molar-refractivity contribution in [2.24, 2.45) is 0 Å². The van der Waals surface area contributed by atoms with Gasteiger partial charge in [0.1, 0.15) is 5.60 Å². The summed E-state index contributed by atoms with van der Waals surface area (Å²) >= 11 is 3.30. The number of hydrogen-bond acceptors (Lipinski definition) is 6. The molecule has 0 radical (unpaired) electrons. The van der Waals surface area contributed by atoms with Crippen molar-refractivity contribution < 1.29 is 23.7 Å². The Morgan fingerprint density at radius 2 is 1.40 bits per heavy atom. The fraction of sp³-hybridized carbons (Fsp3) is 0.941. The first-order valence-electron chi connectivity index (χ1n) is 8.92. The minimum absolute atomic E-state index is 0.222. The van der Waals surface area contributed by atoms with E-state index >= 15 is 0 Å². The van der Waals surface area contributed by atoms with Crippen LogP contribution in [0.15, 0.2) is 0 Å². The maximum Gasteiger partial charge on any atom is 0.410 e. The minimum atomic E-state index is -0.440. The number of amides is 1. The monoisotopic (exact) mass is 424 g/mol. The number of carbonyl (C=O) groups excluding carboxylic acids is 1. The van der Waals surface area contributed by atoms with E-state index < -0.39 is 5.60 Å². The lowest BCUT2D eigenvalue weighted by atomic mass is 10.2. The molecule has 1 amide bonds. The Bertz CT molecular complexity index is 357. The SMILES string of the molecule is CC(C)(C)OC(=O)N1CCN(CCOCCOCCOCCBr)CC1. The van der Waals surface area contributed by atoms with Gasteiger partial charge in [0.25, 0.3) is 0 Å². The summed E-state index contributed by atoms with van der Waals surface area (Å²) in [5.41, 5.74) is -0.440. The number of halogens is 1. The fourth-order valence-corrected chi connectivity index (χ4v) is 2.50. The molecular formula is C17H33BrN2O5. The number of nitrogens with zero attached hydrogens (tertiary/aromatic N) is 2. The van der Waals surface area contributed by atoms with Crippen LogP contribution in [0.1, 0.15) is 20.8 Å². The zero-order chi connectivity index (χ0) is 18.5. The molecule has 0 spiro atoms. The molecule has 0 aromatic carbocycles. The molecule has 0 atom stereocenters. The molecule has 1 saturated heterocycles. The Labute approximate surface area is 160 Å². The van der Waals surface area contributed by atoms with Crippen LogP contribution in [0.5, 0.6) is 0 Å². The van der Waals surface area contributed by atoms with Crippen molar-refractivity contribution >= 4 is 22.0 Å². The molecule has 1 rings (SSSR count). The normalized spacial score (nSPS) is 16.2. The highest BCUT2D eigenvalue weighted by atomic mass is 79.9. The van der Waals surface area contributed by atoms with Crippen molar-refractivity contribution in [1.82, 2.24) is 9.80 Å². The summed E-state index contributed by atoms with van der Waals surface area (Å²) in [4.78, 5) is 16.1. The van der Waals surface area contributed by atoms with Crippen LogP contribution in [-0.4, -0.2) is 99.2 Å². The summed E-state index contributed by atoms with van der Waals surface area (Å²) in [5, 5.41) is 0.849. The predicted octanol–water partition coefficient (Wildman–Crippen LogP) is 1.98. The van der Waals surface area contributed by atoms with Crippen molar-refractivity contribution in [2.75, 3.05) is 77.7 Å². The van der Waals surface area contributed by atoms with Gasteiger partial charge in [0.05, 0.1) is 39.6 Å². The molecule has 0 aliphatic carbocycles. The summed E-state index contributed by atoms with van der Waals surface area (Å²) in [6.07, 6.45) is -0.222. The molecule has 8 heteroatoms. The largest absolute Gasteiger partial charge is 0.444 e. The molecule has 25 heavy (non-hydrogen) atoms. The van der Waals surface area contributed by atoms with Crippen molar-refractivity contribution in [2.45, 2.75) is 26.4 Å². The summed E-state index contributed by atoms with van der Waals surface area (Å²) < 4.78 is 21.7. The number of piperazine rings is 1. The average molecular weight is 425 g/mol. The van der Waals surface area contributed by atoms with E-state index in [4.69, 9.17) is 18.9 Å². The maximum atomic E-state index is 12.0. The second kappa shape index (κ2) is 12.9. The zero-order valence-corrected chi connectivity index (χ0v) is 17.4. The van der Waals surface area contributed by atoms with Crippen LogP contribution >= 0.6 is 15.9 Å². The van der Waals surface area contributed by atoms with Gasteiger partial charge in [-0.05, 0) is 20.8 Å². The first-order valence-corrected chi connectivity index (χ1v) is 10.0. The molecule has 1 aliphatic rings. The molecular weight excluding hydrogens is 392 g/mol. The first kappa shape index (κ1) is 22.6. The molecule has 1 fully saturated rings. The molecule has 0 N–H and O–H groups in total. The minimum Gasteiger partial charge on any atom is -0.444 e. The molecule has 0 bridgehead atoms. The van der Waals surface area contributed by atoms with Gasteiger partial charge in [-0.1, -0.05) is 15.9 Å². The number of hydrogen-bond donors (Lipinski definition) is 0. The zero-order valence-electron chi connectivity index (χ0n) is 15.8. The van der Waals surface area contributed by atoms with Gasteiger partial charge in [0.15, 0.2) is 0 Å². The highest BCUT2D eigenvalue weighted by molar-refractivity contribution is 9.09. The molecule has 0 saturated carbocycles. The van der Waals surface area contributed by atoms with Crippen LogP contribution < -0.4 is 0 Å². The van der Waals surface area contributed by atoms with Crippen molar-refractivity contribution in [3.63, 3.8) is 0 Å². The highest BCUT2D eigenvalue weighted by Crippen LogP contribution is 2.11. The molecule has 0 aromatic heterocycles. The maximum absolute atomic E-state index is 12.0. The van der Waals surface area contributed by atoms with E-state index in [1.54, 1.807) is 4.90 Å². The van der Waals surface area contributed by atoms with Crippen LogP contribution in [0.3, 0.4) is 0 Å². The van der Waals surface area contributed by atoms with Gasteiger partial charge in [0.2, 0.25) is 0 Å². The van der Waals surface area contributed by atoms with E-state index in [-0.39, 0.29) is 6.09 Å². The molecule has 0 unspecified atom stereocenters. The van der Waals surface area contributed by atoms with Gasteiger partial charge in [-0.15, -0.1) is 0 Å². The third kappa shape index (κ3) is 11.8. The van der Waals surface area contributed by atoms with E-state index in [9.17, 15) is 4.79 Å². The lowest BCUT2D eigenvalue weighted by molar-refractivity contribution is 0.00283. The Kier molecular flexibility index (Phi) is 11.6. The first-order chi connectivity index (χ1) is 11.9. The quantitative estimate of drug-likeness (QED) is 0.373. The van der Waals surface area contributed by atoms with E-state index in [1.165, 1.54) is 0 Å². The van der Waals surface area contributed by atoms with Crippen LogP contribution in [-0.2, 0) is 18.9 Å². The van der Waals surface area contributed by atoms with Gasteiger partial charge in [-0.2, -0.15) is 0 Å². The summed E-state index contributed by atoms with van der Waals surface area (Å²) in [6, 6.07) is 0. The average Bonchev–Trinajstić information content (AvgIpc) is 2.55. The number of rotatable bonds is 11. The van der Waals surface area contributed by atoms with Crippen molar-refractivity contribution in [3.05, 3.63) is 0 Å². The van der Waals surface area contributed by atoms with E-state index in [1.807, 2.05) is 20.8 Å². The van der Waals surface area contributed by atoms with E-state index in [2.05, 4.69) is 20.8 Å². The summed E-state index contributed by atoms with van der Waals surface area (Å²) in [5.74, 6) is 0. The lowest BCUT2D eigenvalue weighted by Gasteiger charge is -2.35. The highest BCUT2D eigenvalue weighted by Gasteiger charge is 2.25. The Hall–Kier alpha value is -0.410. The van der Waals surface area contributed by atoms with Gasteiger partial charge in [-0.25, -0.2) is 4.79 Å². The van der Waals surface area contributed by atoms with Crippen LogP contribution in [0, 0.1) is 0 Å².